The van der Waals surface area contributed by atoms with E-state index < -0.39 is 10.0 Å². The van der Waals surface area contributed by atoms with E-state index in [0.29, 0.717) is 11.5 Å². The number of hydrogen-bond donors (Lipinski definition) is 2. The number of nitrogens with zero attached hydrogens (tertiary/aromatic N) is 1. The second-order valence-corrected chi connectivity index (χ2v) is 5.76. The maximum atomic E-state index is 11.8. The zero-order valence-electron chi connectivity index (χ0n) is 8.92. The number of rotatable bonds is 4. The molecular weight excluding hydrogens is 228 g/mol. The first-order valence-corrected chi connectivity index (χ1v) is 6.59. The summed E-state index contributed by atoms with van der Waals surface area (Å²) in [5, 5.41) is 8.82. The van der Waals surface area contributed by atoms with Gasteiger partial charge in [0.25, 0.3) is 10.0 Å². The maximum Gasteiger partial charge on any atom is 0.258 e. The van der Waals surface area contributed by atoms with Crippen molar-refractivity contribution in [1.29, 1.82) is 0 Å². The summed E-state index contributed by atoms with van der Waals surface area (Å²) in [5.41, 5.74) is 0.596. The topological polar surface area (TPSA) is 79.3 Å². The van der Waals surface area contributed by atoms with Crippen LogP contribution in [0.3, 0.4) is 0 Å². The lowest BCUT2D eigenvalue weighted by molar-refractivity contribution is 0.281. The number of aliphatic hydroxyl groups excluding tert-OH is 1. The van der Waals surface area contributed by atoms with Gasteiger partial charge in [-0.25, -0.2) is 18.1 Å². The average molecular weight is 242 g/mol. The number of nitrogens with one attached hydrogen (secondary N) is 1. The molecule has 1 saturated carbocycles. The Morgan fingerprint density at radius 1 is 1.56 bits per heavy atom. The van der Waals surface area contributed by atoms with Crippen LogP contribution < -0.4 is 4.72 Å². The lowest BCUT2D eigenvalue weighted by Crippen LogP contribution is -2.27. The Labute approximate surface area is 94.6 Å². The van der Waals surface area contributed by atoms with Crippen molar-refractivity contribution in [1.82, 2.24) is 9.71 Å². The molecule has 2 rings (SSSR count). The van der Waals surface area contributed by atoms with Gasteiger partial charge in [0.1, 0.15) is 0 Å². The third kappa shape index (κ3) is 2.40. The Morgan fingerprint density at radius 3 is 2.69 bits per heavy atom. The molecule has 0 radical (unpaired) electrons. The second-order valence-electron chi connectivity index (χ2n) is 4.10. The highest BCUT2D eigenvalue weighted by atomic mass is 32.2. The Bertz CT molecular complexity index is 469. The van der Waals surface area contributed by atoms with Crippen LogP contribution in [0.25, 0.3) is 0 Å². The van der Waals surface area contributed by atoms with Crippen LogP contribution in [0, 0.1) is 5.92 Å². The molecule has 2 N–H and O–H groups in total. The normalized spacial score (nSPS) is 24.4. The van der Waals surface area contributed by atoms with Crippen LogP contribution in [0.4, 0.5) is 0 Å². The van der Waals surface area contributed by atoms with Crippen molar-refractivity contribution < 1.29 is 13.5 Å². The molecule has 1 heterocycles. The molecule has 1 aromatic heterocycles. The summed E-state index contributed by atoms with van der Waals surface area (Å²) in [6, 6.07) is 3.00. The molecule has 1 aliphatic rings. The zero-order valence-corrected chi connectivity index (χ0v) is 9.74. The molecule has 0 aliphatic heterocycles. The quantitative estimate of drug-likeness (QED) is 0.793. The minimum Gasteiger partial charge on any atom is -0.392 e. The SMILES string of the molecule is CC1CC1NS(=O)(=O)c1ccc(CO)cn1. The van der Waals surface area contributed by atoms with Crippen molar-refractivity contribution in [2.24, 2.45) is 5.92 Å². The molecular formula is C10H14N2O3S. The van der Waals surface area contributed by atoms with Crippen molar-refractivity contribution in [3.63, 3.8) is 0 Å². The molecule has 0 amide bonds. The van der Waals surface area contributed by atoms with Gasteiger partial charge in [0, 0.05) is 12.2 Å². The van der Waals surface area contributed by atoms with Gasteiger partial charge in [0.2, 0.25) is 0 Å². The molecule has 0 saturated heterocycles. The molecule has 2 unspecified atom stereocenters. The second kappa shape index (κ2) is 4.12. The number of aliphatic hydroxyl groups is 1. The van der Waals surface area contributed by atoms with E-state index in [2.05, 4.69) is 9.71 Å². The summed E-state index contributed by atoms with van der Waals surface area (Å²) in [5.74, 6) is 0.409. The summed E-state index contributed by atoms with van der Waals surface area (Å²) >= 11 is 0. The smallest absolute Gasteiger partial charge is 0.258 e. The minimum absolute atomic E-state index is 0.00352. The van der Waals surface area contributed by atoms with Crippen LogP contribution in [-0.4, -0.2) is 24.6 Å². The first-order valence-electron chi connectivity index (χ1n) is 5.11. The molecule has 1 aromatic rings. The van der Waals surface area contributed by atoms with Crippen LogP contribution in [-0.2, 0) is 16.6 Å². The number of pyridine rings is 1. The molecule has 5 nitrogen and oxygen atoms in total. The number of aromatic nitrogens is 1. The predicted molar refractivity (Wildman–Crippen MR) is 58.1 cm³/mol. The van der Waals surface area contributed by atoms with Gasteiger partial charge < -0.3 is 5.11 Å². The van der Waals surface area contributed by atoms with E-state index in [9.17, 15) is 8.42 Å². The van der Waals surface area contributed by atoms with Gasteiger partial charge in [-0.2, -0.15) is 0 Å². The van der Waals surface area contributed by atoms with E-state index in [1.807, 2.05) is 6.92 Å². The van der Waals surface area contributed by atoms with E-state index >= 15 is 0 Å². The molecule has 6 heteroatoms. The van der Waals surface area contributed by atoms with Gasteiger partial charge in [-0.05, 0) is 24.0 Å². The average Bonchev–Trinajstić information content (AvgIpc) is 2.93. The van der Waals surface area contributed by atoms with E-state index in [0.717, 1.165) is 6.42 Å². The molecule has 0 aromatic carbocycles. The van der Waals surface area contributed by atoms with Crippen LogP contribution in [0.15, 0.2) is 23.4 Å². The lowest BCUT2D eigenvalue weighted by atomic mass is 10.3. The van der Waals surface area contributed by atoms with Crippen molar-refractivity contribution in [3.05, 3.63) is 23.9 Å². The van der Waals surface area contributed by atoms with E-state index in [4.69, 9.17) is 5.11 Å². The fourth-order valence-electron chi connectivity index (χ4n) is 1.41. The van der Waals surface area contributed by atoms with Crippen molar-refractivity contribution in [2.75, 3.05) is 0 Å². The molecule has 16 heavy (non-hydrogen) atoms. The summed E-state index contributed by atoms with van der Waals surface area (Å²) in [4.78, 5) is 3.82. The first kappa shape index (κ1) is 11.5. The van der Waals surface area contributed by atoms with Crippen LogP contribution in [0.2, 0.25) is 0 Å². The summed E-state index contributed by atoms with van der Waals surface area (Å²) in [7, 11) is -3.50. The van der Waals surface area contributed by atoms with Crippen LogP contribution >= 0.6 is 0 Å². The lowest BCUT2D eigenvalue weighted by Gasteiger charge is -2.05. The van der Waals surface area contributed by atoms with Gasteiger partial charge in [-0.3, -0.25) is 0 Å². The Hall–Kier alpha value is -0.980. The molecule has 0 spiro atoms. The van der Waals surface area contributed by atoms with E-state index in [1.54, 1.807) is 6.07 Å². The van der Waals surface area contributed by atoms with Crippen LogP contribution in [0.1, 0.15) is 18.9 Å². The molecule has 2 atom stereocenters. The third-order valence-corrected chi connectivity index (χ3v) is 4.08. The molecule has 0 bridgehead atoms. The Kier molecular flexibility index (Phi) is 2.96. The summed E-state index contributed by atoms with van der Waals surface area (Å²) in [6.07, 6.45) is 2.25. The van der Waals surface area contributed by atoms with Gasteiger partial charge in [0.15, 0.2) is 5.03 Å². The van der Waals surface area contributed by atoms with E-state index in [1.165, 1.54) is 12.3 Å². The zero-order chi connectivity index (χ0) is 11.8. The van der Waals surface area contributed by atoms with Gasteiger partial charge in [-0.1, -0.05) is 13.0 Å². The molecule has 1 aliphatic carbocycles. The highest BCUT2D eigenvalue weighted by Gasteiger charge is 2.36. The fourth-order valence-corrected chi connectivity index (χ4v) is 2.70. The van der Waals surface area contributed by atoms with E-state index in [-0.39, 0.29) is 17.7 Å². The fraction of sp³-hybridized carbons (Fsp3) is 0.500. The minimum atomic E-state index is -3.50. The highest BCUT2D eigenvalue weighted by molar-refractivity contribution is 7.89. The monoisotopic (exact) mass is 242 g/mol. The van der Waals surface area contributed by atoms with Crippen LogP contribution in [0.5, 0.6) is 0 Å². The molecule has 88 valence electrons. The Balaban J connectivity index is 2.15. The third-order valence-electron chi connectivity index (χ3n) is 2.67. The highest BCUT2D eigenvalue weighted by Crippen LogP contribution is 2.30. The predicted octanol–water partition coefficient (Wildman–Crippen LogP) is 0.261. The summed E-state index contributed by atoms with van der Waals surface area (Å²) in [6.45, 7) is 1.86. The first-order chi connectivity index (χ1) is 7.53. The maximum absolute atomic E-state index is 11.8. The van der Waals surface area contributed by atoms with Gasteiger partial charge >= 0.3 is 0 Å². The van der Waals surface area contributed by atoms with Crippen molar-refractivity contribution >= 4 is 10.0 Å². The van der Waals surface area contributed by atoms with Gasteiger partial charge in [0.05, 0.1) is 6.61 Å². The summed E-state index contributed by atoms with van der Waals surface area (Å²) < 4.78 is 26.2. The molecule has 1 fully saturated rings. The van der Waals surface area contributed by atoms with Gasteiger partial charge in [-0.15, -0.1) is 0 Å². The standard InChI is InChI=1S/C10H14N2O3S/c1-7-4-9(7)12-16(14,15)10-3-2-8(6-13)5-11-10/h2-3,5,7,9,12-13H,4,6H2,1H3. The number of hydrogen-bond acceptors (Lipinski definition) is 4. The largest absolute Gasteiger partial charge is 0.392 e. The van der Waals surface area contributed by atoms with Crippen molar-refractivity contribution in [2.45, 2.75) is 31.0 Å². The number of sulfonamides is 1. The van der Waals surface area contributed by atoms with Crippen molar-refractivity contribution in [3.8, 4) is 0 Å². The Morgan fingerprint density at radius 2 is 2.25 bits per heavy atom.